The molecular formula is C12H18BrNO4S. The molecular weight excluding hydrogens is 334 g/mol. The van der Waals surface area contributed by atoms with Crippen LogP contribution in [0.5, 0.6) is 0 Å². The highest BCUT2D eigenvalue weighted by atomic mass is 79.9. The van der Waals surface area contributed by atoms with E-state index in [0.717, 1.165) is 0 Å². The zero-order chi connectivity index (χ0) is 14.3. The maximum Gasteiger partial charge on any atom is 0.240 e. The summed E-state index contributed by atoms with van der Waals surface area (Å²) in [6.45, 7) is 4.66. The first-order valence-corrected chi connectivity index (χ1v) is 8.25. The fraction of sp³-hybridized carbons (Fsp3) is 0.500. The van der Waals surface area contributed by atoms with Crippen LogP contribution in [0.1, 0.15) is 13.8 Å². The first-order chi connectivity index (χ1) is 8.99. The zero-order valence-electron chi connectivity index (χ0n) is 10.9. The molecule has 0 aliphatic rings. The summed E-state index contributed by atoms with van der Waals surface area (Å²) in [5.74, 6) is 0. The van der Waals surface area contributed by atoms with Crippen molar-refractivity contribution in [3.05, 3.63) is 28.7 Å². The van der Waals surface area contributed by atoms with Gasteiger partial charge >= 0.3 is 0 Å². The molecule has 0 saturated carbocycles. The number of rotatable bonds is 8. The van der Waals surface area contributed by atoms with E-state index in [1.807, 2.05) is 13.8 Å². The highest BCUT2D eigenvalue weighted by Crippen LogP contribution is 2.15. The third kappa shape index (κ3) is 5.58. The molecule has 0 aromatic heterocycles. The first kappa shape index (κ1) is 16.6. The van der Waals surface area contributed by atoms with Crippen molar-refractivity contribution in [1.29, 1.82) is 0 Å². The molecule has 0 unspecified atom stereocenters. The van der Waals surface area contributed by atoms with Crippen molar-refractivity contribution in [2.24, 2.45) is 0 Å². The van der Waals surface area contributed by atoms with Crippen LogP contribution in [0, 0.1) is 0 Å². The molecule has 0 heterocycles. The Kier molecular flexibility index (Phi) is 6.95. The van der Waals surface area contributed by atoms with Gasteiger partial charge in [0.25, 0.3) is 0 Å². The van der Waals surface area contributed by atoms with Crippen molar-refractivity contribution in [1.82, 2.24) is 4.72 Å². The van der Waals surface area contributed by atoms with Crippen LogP contribution < -0.4 is 4.72 Å². The standard InChI is InChI=1S/C12H18BrNO4S/c1-3-17-12(18-4-2)9-14-19(15,16)11-7-5-6-10(13)8-11/h5-8,12,14H,3-4,9H2,1-2H3. The molecule has 1 rings (SSSR count). The van der Waals surface area contributed by atoms with Crippen LogP contribution in [0.3, 0.4) is 0 Å². The largest absolute Gasteiger partial charge is 0.352 e. The number of ether oxygens (including phenoxy) is 2. The van der Waals surface area contributed by atoms with Crippen molar-refractivity contribution in [3.63, 3.8) is 0 Å². The minimum Gasteiger partial charge on any atom is -0.352 e. The summed E-state index contributed by atoms with van der Waals surface area (Å²) >= 11 is 3.24. The van der Waals surface area contributed by atoms with Gasteiger partial charge in [0.2, 0.25) is 10.0 Å². The van der Waals surface area contributed by atoms with Gasteiger partial charge in [-0.05, 0) is 32.0 Å². The molecule has 7 heteroatoms. The van der Waals surface area contributed by atoms with Crippen LogP contribution >= 0.6 is 15.9 Å². The van der Waals surface area contributed by atoms with Crippen LogP contribution in [0.2, 0.25) is 0 Å². The molecule has 0 spiro atoms. The predicted molar refractivity (Wildman–Crippen MR) is 76.4 cm³/mol. The van der Waals surface area contributed by atoms with E-state index in [4.69, 9.17) is 9.47 Å². The Morgan fingerprint density at radius 3 is 2.42 bits per heavy atom. The van der Waals surface area contributed by atoms with Crippen molar-refractivity contribution < 1.29 is 17.9 Å². The van der Waals surface area contributed by atoms with Crippen molar-refractivity contribution in [3.8, 4) is 0 Å². The van der Waals surface area contributed by atoms with Gasteiger partial charge in [0.15, 0.2) is 6.29 Å². The molecule has 19 heavy (non-hydrogen) atoms. The summed E-state index contributed by atoms with van der Waals surface area (Å²) in [7, 11) is -3.55. The monoisotopic (exact) mass is 351 g/mol. The second kappa shape index (κ2) is 7.96. The highest BCUT2D eigenvalue weighted by molar-refractivity contribution is 9.10. The Morgan fingerprint density at radius 1 is 1.26 bits per heavy atom. The summed E-state index contributed by atoms with van der Waals surface area (Å²) in [6, 6.07) is 6.51. The van der Waals surface area contributed by atoms with Gasteiger partial charge < -0.3 is 9.47 Å². The molecule has 5 nitrogen and oxygen atoms in total. The van der Waals surface area contributed by atoms with Crippen molar-refractivity contribution in [2.75, 3.05) is 19.8 Å². The zero-order valence-corrected chi connectivity index (χ0v) is 13.3. The van der Waals surface area contributed by atoms with Crippen LogP contribution in [0.15, 0.2) is 33.6 Å². The van der Waals surface area contributed by atoms with E-state index in [0.29, 0.717) is 17.7 Å². The Bertz CT molecular complexity index is 486. The Balaban J connectivity index is 2.69. The third-order valence-electron chi connectivity index (χ3n) is 2.25. The fourth-order valence-corrected chi connectivity index (χ4v) is 3.05. The molecule has 1 N–H and O–H groups in total. The summed E-state index contributed by atoms with van der Waals surface area (Å²) in [4.78, 5) is 0.202. The smallest absolute Gasteiger partial charge is 0.240 e. The topological polar surface area (TPSA) is 64.6 Å². The summed E-state index contributed by atoms with van der Waals surface area (Å²) in [6.07, 6.45) is -0.572. The lowest BCUT2D eigenvalue weighted by Gasteiger charge is -2.17. The van der Waals surface area contributed by atoms with E-state index < -0.39 is 16.3 Å². The first-order valence-electron chi connectivity index (χ1n) is 5.98. The van der Waals surface area contributed by atoms with E-state index in [2.05, 4.69) is 20.7 Å². The minimum absolute atomic E-state index is 0.0799. The van der Waals surface area contributed by atoms with Crippen LogP contribution in [0.25, 0.3) is 0 Å². The van der Waals surface area contributed by atoms with E-state index in [1.54, 1.807) is 18.2 Å². The lowest BCUT2D eigenvalue weighted by molar-refractivity contribution is -0.130. The number of hydrogen-bond donors (Lipinski definition) is 1. The lowest BCUT2D eigenvalue weighted by Crippen LogP contribution is -2.35. The second-order valence-corrected chi connectivity index (χ2v) is 6.33. The molecule has 0 radical (unpaired) electrons. The SMILES string of the molecule is CCOC(CNS(=O)(=O)c1cccc(Br)c1)OCC. The van der Waals surface area contributed by atoms with E-state index in [9.17, 15) is 8.42 Å². The molecule has 1 aromatic rings. The fourth-order valence-electron chi connectivity index (χ4n) is 1.43. The Morgan fingerprint density at radius 2 is 1.89 bits per heavy atom. The van der Waals surface area contributed by atoms with Gasteiger partial charge in [-0.3, -0.25) is 0 Å². The van der Waals surface area contributed by atoms with Crippen LogP contribution in [0.4, 0.5) is 0 Å². The van der Waals surface area contributed by atoms with Gasteiger partial charge in [-0.25, -0.2) is 13.1 Å². The molecule has 0 bridgehead atoms. The molecule has 0 aliphatic heterocycles. The highest BCUT2D eigenvalue weighted by Gasteiger charge is 2.17. The number of nitrogens with one attached hydrogen (secondary N) is 1. The third-order valence-corrected chi connectivity index (χ3v) is 4.17. The van der Waals surface area contributed by atoms with E-state index in [-0.39, 0.29) is 11.4 Å². The Hall–Kier alpha value is -0.470. The molecule has 0 aliphatic carbocycles. The number of hydrogen-bond acceptors (Lipinski definition) is 4. The van der Waals surface area contributed by atoms with Crippen LogP contribution in [-0.2, 0) is 19.5 Å². The molecule has 0 saturated heterocycles. The normalized spacial score (nSPS) is 12.0. The van der Waals surface area contributed by atoms with Gasteiger partial charge in [0.1, 0.15) is 0 Å². The van der Waals surface area contributed by atoms with Gasteiger partial charge in [-0.15, -0.1) is 0 Å². The average Bonchev–Trinajstić information content (AvgIpc) is 2.37. The van der Waals surface area contributed by atoms with Gasteiger partial charge in [-0.2, -0.15) is 0 Å². The van der Waals surface area contributed by atoms with Crippen molar-refractivity contribution >= 4 is 26.0 Å². The minimum atomic E-state index is -3.55. The van der Waals surface area contributed by atoms with E-state index >= 15 is 0 Å². The van der Waals surface area contributed by atoms with Crippen molar-refractivity contribution in [2.45, 2.75) is 25.0 Å². The molecule has 0 fully saturated rings. The summed E-state index contributed by atoms with van der Waals surface area (Å²) in [5, 5.41) is 0. The van der Waals surface area contributed by atoms with Gasteiger partial charge in [0.05, 0.1) is 11.4 Å². The molecule has 0 amide bonds. The van der Waals surface area contributed by atoms with Crippen LogP contribution in [-0.4, -0.2) is 34.5 Å². The lowest BCUT2D eigenvalue weighted by atomic mass is 10.4. The van der Waals surface area contributed by atoms with Gasteiger partial charge in [0, 0.05) is 17.7 Å². The quantitative estimate of drug-likeness (QED) is 0.728. The number of halogens is 1. The number of benzene rings is 1. The van der Waals surface area contributed by atoms with Gasteiger partial charge in [-0.1, -0.05) is 22.0 Å². The maximum absolute atomic E-state index is 12.1. The summed E-state index contributed by atoms with van der Waals surface area (Å²) in [5.41, 5.74) is 0. The predicted octanol–water partition coefficient (Wildman–Crippen LogP) is 2.13. The molecule has 0 atom stereocenters. The molecule has 1 aromatic carbocycles. The Labute approximate surface area is 122 Å². The second-order valence-electron chi connectivity index (χ2n) is 3.65. The summed E-state index contributed by atoms with van der Waals surface area (Å²) < 4.78 is 37.8. The molecule has 108 valence electrons. The van der Waals surface area contributed by atoms with E-state index in [1.165, 1.54) is 6.07 Å². The number of sulfonamides is 1. The maximum atomic E-state index is 12.1. The average molecular weight is 352 g/mol.